The van der Waals surface area contributed by atoms with Gasteiger partial charge in [0.25, 0.3) is 0 Å². The maximum Gasteiger partial charge on any atom is 0.336 e. The van der Waals surface area contributed by atoms with Crippen LogP contribution in [0, 0.1) is 0 Å². The van der Waals surface area contributed by atoms with Crippen molar-refractivity contribution in [1.29, 1.82) is 0 Å². The Hall–Kier alpha value is -3.92. The van der Waals surface area contributed by atoms with Crippen LogP contribution in [0.3, 0.4) is 0 Å². The Morgan fingerprint density at radius 3 is 2.25 bits per heavy atom. The van der Waals surface area contributed by atoms with E-state index in [-0.39, 0.29) is 16.9 Å². The van der Waals surface area contributed by atoms with E-state index in [4.69, 9.17) is 4.42 Å². The summed E-state index contributed by atoms with van der Waals surface area (Å²) in [4.78, 5) is 24.4. The molecule has 5 aromatic rings. The summed E-state index contributed by atoms with van der Waals surface area (Å²) in [5.41, 5.74) is 1.93. The molecule has 1 heterocycles. The van der Waals surface area contributed by atoms with Crippen LogP contribution in [-0.2, 0) is 0 Å². The van der Waals surface area contributed by atoms with Gasteiger partial charge in [-0.3, -0.25) is 4.79 Å². The van der Waals surface area contributed by atoms with Crippen LogP contribution in [0.2, 0.25) is 0 Å². The number of hydrogen-bond donors (Lipinski definition) is 1. The fourth-order valence-corrected chi connectivity index (χ4v) is 3.67. The molecule has 0 aliphatic rings. The second-order valence-electron chi connectivity index (χ2n) is 6.66. The highest BCUT2D eigenvalue weighted by atomic mass is 16.4. The number of carbonyl (C=O) groups excluding carboxylic acids is 1. The zero-order valence-electron chi connectivity index (χ0n) is 14.7. The average molecular weight is 366 g/mol. The second kappa shape index (κ2) is 6.06. The number of carbonyl (C=O) groups is 2. The first-order valence-electron chi connectivity index (χ1n) is 8.84. The maximum absolute atomic E-state index is 12.9. The van der Waals surface area contributed by atoms with Crippen molar-refractivity contribution in [2.75, 3.05) is 0 Å². The first kappa shape index (κ1) is 16.3. The Kier molecular flexibility index (Phi) is 3.52. The summed E-state index contributed by atoms with van der Waals surface area (Å²) in [6, 6.07) is 23.5. The number of hydrogen-bond acceptors (Lipinski definition) is 3. The van der Waals surface area contributed by atoms with E-state index in [9.17, 15) is 14.7 Å². The number of carboxylic acid groups (broad SMARTS) is 1. The number of benzene rings is 4. The number of carboxylic acids is 1. The van der Waals surface area contributed by atoms with Crippen LogP contribution in [-0.4, -0.2) is 16.9 Å². The fraction of sp³-hybridized carbons (Fsp3) is 0. The molecule has 0 spiro atoms. The topological polar surface area (TPSA) is 67.5 Å². The van der Waals surface area contributed by atoms with Gasteiger partial charge in [0.1, 0.15) is 11.2 Å². The quantitative estimate of drug-likeness (QED) is 0.418. The van der Waals surface area contributed by atoms with E-state index >= 15 is 0 Å². The molecule has 5 rings (SSSR count). The predicted molar refractivity (Wildman–Crippen MR) is 108 cm³/mol. The van der Waals surface area contributed by atoms with E-state index < -0.39 is 5.97 Å². The molecule has 4 nitrogen and oxygen atoms in total. The fourth-order valence-electron chi connectivity index (χ4n) is 3.67. The molecule has 0 amide bonds. The zero-order valence-corrected chi connectivity index (χ0v) is 14.7. The highest BCUT2D eigenvalue weighted by molar-refractivity contribution is 6.18. The molecule has 0 radical (unpaired) electrons. The smallest absolute Gasteiger partial charge is 0.336 e. The number of aromatic carboxylic acids is 1. The molecule has 0 atom stereocenters. The summed E-state index contributed by atoms with van der Waals surface area (Å²) >= 11 is 0. The average Bonchev–Trinajstić information content (AvgIpc) is 3.11. The molecular formula is C24H14O4. The third kappa shape index (κ3) is 2.39. The highest BCUT2D eigenvalue weighted by Gasteiger charge is 2.19. The monoisotopic (exact) mass is 366 g/mol. The van der Waals surface area contributed by atoms with Gasteiger partial charge in [-0.1, -0.05) is 54.6 Å². The van der Waals surface area contributed by atoms with E-state index in [0.717, 1.165) is 27.1 Å². The minimum Gasteiger partial charge on any atom is -0.478 e. The number of rotatable bonds is 3. The Labute approximate surface area is 159 Å². The highest BCUT2D eigenvalue weighted by Crippen LogP contribution is 2.34. The van der Waals surface area contributed by atoms with E-state index in [1.165, 1.54) is 12.1 Å². The van der Waals surface area contributed by atoms with Crippen molar-refractivity contribution >= 4 is 44.5 Å². The van der Waals surface area contributed by atoms with Gasteiger partial charge in [-0.25, -0.2) is 4.79 Å². The van der Waals surface area contributed by atoms with Crippen LogP contribution >= 0.6 is 0 Å². The first-order chi connectivity index (χ1) is 13.6. The first-order valence-corrected chi connectivity index (χ1v) is 8.84. The molecule has 0 unspecified atom stereocenters. The van der Waals surface area contributed by atoms with Crippen molar-refractivity contribution in [1.82, 2.24) is 0 Å². The molecule has 0 bridgehead atoms. The molecule has 0 aliphatic carbocycles. The summed E-state index contributed by atoms with van der Waals surface area (Å²) in [5.74, 6) is -1.47. The van der Waals surface area contributed by atoms with E-state index in [2.05, 4.69) is 6.07 Å². The lowest BCUT2D eigenvalue weighted by Gasteiger charge is -2.05. The minimum absolute atomic E-state index is 0.0109. The Balaban J connectivity index is 1.70. The molecule has 4 heteroatoms. The minimum atomic E-state index is -1.12. The van der Waals surface area contributed by atoms with Gasteiger partial charge in [0.15, 0.2) is 5.78 Å². The lowest BCUT2D eigenvalue weighted by molar-refractivity contribution is 0.0693. The molecule has 0 aliphatic heterocycles. The Morgan fingerprint density at radius 1 is 0.714 bits per heavy atom. The van der Waals surface area contributed by atoms with Crippen LogP contribution < -0.4 is 0 Å². The normalized spacial score (nSPS) is 11.3. The molecule has 0 saturated heterocycles. The van der Waals surface area contributed by atoms with Crippen LogP contribution in [0.1, 0.15) is 26.3 Å². The second-order valence-corrected chi connectivity index (χ2v) is 6.66. The predicted octanol–water partition coefficient (Wildman–Crippen LogP) is 5.67. The largest absolute Gasteiger partial charge is 0.478 e. The van der Waals surface area contributed by atoms with E-state index in [1.54, 1.807) is 24.3 Å². The van der Waals surface area contributed by atoms with Gasteiger partial charge in [-0.05, 0) is 29.7 Å². The van der Waals surface area contributed by atoms with Gasteiger partial charge in [-0.15, -0.1) is 0 Å². The Morgan fingerprint density at radius 2 is 1.43 bits per heavy atom. The van der Waals surface area contributed by atoms with E-state index in [1.807, 2.05) is 36.4 Å². The molecule has 28 heavy (non-hydrogen) atoms. The van der Waals surface area contributed by atoms with Crippen molar-refractivity contribution in [2.45, 2.75) is 0 Å². The van der Waals surface area contributed by atoms with Crippen LogP contribution in [0.4, 0.5) is 0 Å². The van der Waals surface area contributed by atoms with Crippen LogP contribution in [0.15, 0.2) is 83.3 Å². The van der Waals surface area contributed by atoms with Crippen LogP contribution in [0.25, 0.3) is 32.7 Å². The third-order valence-electron chi connectivity index (χ3n) is 5.03. The summed E-state index contributed by atoms with van der Waals surface area (Å²) in [6.45, 7) is 0. The number of furan rings is 1. The number of ketones is 1. The summed E-state index contributed by atoms with van der Waals surface area (Å²) in [6.07, 6.45) is 0. The standard InChI is InChI=1S/C24H14O4/c25-22(18-7-3-4-8-20(18)24(26)27)15-10-11-17-19-12-9-14-5-1-2-6-16(14)23(19)28-21(17)13-15/h1-13H,(H,26,27). The molecule has 134 valence electrons. The summed E-state index contributed by atoms with van der Waals surface area (Å²) < 4.78 is 6.10. The van der Waals surface area contributed by atoms with Crippen molar-refractivity contribution < 1.29 is 19.1 Å². The number of fused-ring (bicyclic) bond motifs is 5. The third-order valence-corrected chi connectivity index (χ3v) is 5.03. The van der Waals surface area contributed by atoms with Crippen LogP contribution in [0.5, 0.6) is 0 Å². The van der Waals surface area contributed by atoms with Gasteiger partial charge in [-0.2, -0.15) is 0 Å². The lowest BCUT2D eigenvalue weighted by Crippen LogP contribution is -2.09. The van der Waals surface area contributed by atoms with Crippen molar-refractivity contribution in [3.8, 4) is 0 Å². The summed E-state index contributed by atoms with van der Waals surface area (Å²) in [7, 11) is 0. The maximum atomic E-state index is 12.9. The van der Waals surface area contributed by atoms with Gasteiger partial charge in [0.05, 0.1) is 5.56 Å². The van der Waals surface area contributed by atoms with E-state index in [0.29, 0.717) is 11.1 Å². The molecule has 1 aromatic heterocycles. The van der Waals surface area contributed by atoms with Crippen molar-refractivity contribution in [3.63, 3.8) is 0 Å². The summed E-state index contributed by atoms with van der Waals surface area (Å²) in [5, 5.41) is 13.4. The molecule has 1 N–H and O–H groups in total. The van der Waals surface area contributed by atoms with Gasteiger partial charge >= 0.3 is 5.97 Å². The lowest BCUT2D eigenvalue weighted by atomic mass is 9.97. The van der Waals surface area contributed by atoms with Gasteiger partial charge < -0.3 is 9.52 Å². The molecule has 0 saturated carbocycles. The van der Waals surface area contributed by atoms with Gasteiger partial charge in [0, 0.05) is 27.3 Å². The zero-order chi connectivity index (χ0) is 19.3. The SMILES string of the molecule is O=C(O)c1ccccc1C(=O)c1ccc2c(c1)oc1c3ccccc3ccc21. The Bertz CT molecular complexity index is 1410. The van der Waals surface area contributed by atoms with Crippen molar-refractivity contribution in [2.24, 2.45) is 0 Å². The van der Waals surface area contributed by atoms with Crippen molar-refractivity contribution in [3.05, 3.63) is 95.6 Å². The van der Waals surface area contributed by atoms with Gasteiger partial charge in [0.2, 0.25) is 0 Å². The molecule has 4 aromatic carbocycles. The molecular weight excluding hydrogens is 352 g/mol. The molecule has 0 fully saturated rings.